The lowest BCUT2D eigenvalue weighted by Gasteiger charge is -2.25. The van der Waals surface area contributed by atoms with E-state index in [-0.39, 0.29) is 29.4 Å². The monoisotopic (exact) mass is 579 g/mol. The summed E-state index contributed by atoms with van der Waals surface area (Å²) in [4.78, 5) is 30.9. The standard InChI is InChI=1S/C29H23ClFN3O5S/c1-39-22-9-5-18(6-10-22)15-29(11-2-12-34-29)40(37,38)25-14-21(31)13-23-26(25)32-17-24(27(23)35)28(36)33-16-19-3-7-20(30)8-4-19/h2-14,17H,15-16H2,1H3,(H,32,35)(H,33,36). The fourth-order valence-electron chi connectivity index (χ4n) is 4.52. The first-order valence-corrected chi connectivity index (χ1v) is 14.0. The molecule has 11 heteroatoms. The van der Waals surface area contributed by atoms with Crippen LogP contribution in [-0.4, -0.2) is 37.5 Å². The molecule has 40 heavy (non-hydrogen) atoms. The Kier molecular flexibility index (Phi) is 7.31. The van der Waals surface area contributed by atoms with E-state index in [9.17, 15) is 22.4 Å². The molecule has 0 saturated heterocycles. The van der Waals surface area contributed by atoms with Crippen molar-refractivity contribution in [3.05, 3.63) is 117 Å². The average molecular weight is 580 g/mol. The molecule has 1 aliphatic rings. The number of ether oxygens (including phenoxy) is 1. The second kappa shape index (κ2) is 10.7. The number of carbonyl (C=O) groups excluding carboxylic acids is 1. The lowest BCUT2D eigenvalue weighted by Crippen LogP contribution is -2.36. The molecule has 8 nitrogen and oxygen atoms in total. The number of carbonyl (C=O) groups is 1. The number of amides is 1. The molecule has 4 aromatic rings. The molecule has 3 aromatic carbocycles. The van der Waals surface area contributed by atoms with E-state index in [0.29, 0.717) is 16.3 Å². The summed E-state index contributed by atoms with van der Waals surface area (Å²) in [6.07, 6.45) is 5.39. The number of halogens is 2. The molecule has 1 aliphatic heterocycles. The Morgan fingerprint density at radius 2 is 1.80 bits per heavy atom. The number of hydrogen-bond donors (Lipinski definition) is 2. The van der Waals surface area contributed by atoms with Crippen LogP contribution in [0.1, 0.15) is 21.5 Å². The van der Waals surface area contributed by atoms with E-state index in [1.54, 1.807) is 48.5 Å². The smallest absolute Gasteiger partial charge is 0.257 e. The van der Waals surface area contributed by atoms with Crippen molar-refractivity contribution in [1.29, 1.82) is 0 Å². The maximum atomic E-state index is 14.9. The molecule has 0 fully saturated rings. The molecule has 2 N–H and O–H groups in total. The van der Waals surface area contributed by atoms with Gasteiger partial charge in [-0.05, 0) is 59.7 Å². The van der Waals surface area contributed by atoms with Crippen molar-refractivity contribution < 1.29 is 22.3 Å². The van der Waals surface area contributed by atoms with Crippen LogP contribution in [0.2, 0.25) is 5.02 Å². The highest BCUT2D eigenvalue weighted by atomic mass is 35.5. The van der Waals surface area contributed by atoms with Gasteiger partial charge in [0.2, 0.25) is 15.3 Å². The van der Waals surface area contributed by atoms with Crippen molar-refractivity contribution in [2.75, 3.05) is 7.11 Å². The lowest BCUT2D eigenvalue weighted by molar-refractivity contribution is 0.0949. The largest absolute Gasteiger partial charge is 0.497 e. The summed E-state index contributed by atoms with van der Waals surface area (Å²) in [6, 6.07) is 15.4. The minimum Gasteiger partial charge on any atom is -0.497 e. The van der Waals surface area contributed by atoms with Crippen LogP contribution in [-0.2, 0) is 22.8 Å². The highest BCUT2D eigenvalue weighted by Crippen LogP contribution is 2.37. The first-order chi connectivity index (χ1) is 19.1. The summed E-state index contributed by atoms with van der Waals surface area (Å²) >= 11 is 5.88. The number of benzene rings is 3. The maximum absolute atomic E-state index is 14.9. The summed E-state index contributed by atoms with van der Waals surface area (Å²) < 4.78 is 48.2. The van der Waals surface area contributed by atoms with Gasteiger partial charge in [-0.2, -0.15) is 0 Å². The number of pyridine rings is 1. The van der Waals surface area contributed by atoms with E-state index >= 15 is 0 Å². The van der Waals surface area contributed by atoms with Crippen LogP contribution in [0.5, 0.6) is 5.75 Å². The zero-order valence-corrected chi connectivity index (χ0v) is 22.7. The number of rotatable bonds is 8. The van der Waals surface area contributed by atoms with Crippen molar-refractivity contribution in [3.8, 4) is 5.75 Å². The Balaban J connectivity index is 1.53. The van der Waals surface area contributed by atoms with Gasteiger partial charge in [-0.15, -0.1) is 0 Å². The van der Waals surface area contributed by atoms with Gasteiger partial charge in [0.1, 0.15) is 17.1 Å². The van der Waals surface area contributed by atoms with Gasteiger partial charge in [-0.25, -0.2) is 12.8 Å². The fraction of sp³-hybridized carbons (Fsp3) is 0.138. The molecule has 0 spiro atoms. The van der Waals surface area contributed by atoms with Crippen LogP contribution in [0, 0.1) is 5.82 Å². The minimum atomic E-state index is -4.40. The average Bonchev–Trinajstić information content (AvgIpc) is 3.43. The van der Waals surface area contributed by atoms with Gasteiger partial charge in [-0.3, -0.25) is 14.6 Å². The highest BCUT2D eigenvalue weighted by molar-refractivity contribution is 7.93. The minimum absolute atomic E-state index is 0.0419. The van der Waals surface area contributed by atoms with Crippen LogP contribution in [0.25, 0.3) is 10.9 Å². The summed E-state index contributed by atoms with van der Waals surface area (Å²) in [5.74, 6) is -1.04. The molecule has 1 amide bonds. The zero-order chi connectivity index (χ0) is 28.5. The van der Waals surface area contributed by atoms with E-state index in [1.807, 2.05) is 0 Å². The van der Waals surface area contributed by atoms with Crippen LogP contribution < -0.4 is 15.5 Å². The molecule has 1 aromatic heterocycles. The van der Waals surface area contributed by atoms with E-state index in [0.717, 1.165) is 23.9 Å². The molecule has 2 heterocycles. The first-order valence-electron chi connectivity index (χ1n) is 12.1. The number of aromatic nitrogens is 1. The molecule has 0 radical (unpaired) electrons. The van der Waals surface area contributed by atoms with Gasteiger partial charge in [0.05, 0.1) is 22.9 Å². The Bertz CT molecular complexity index is 1820. The Morgan fingerprint density at radius 1 is 1.10 bits per heavy atom. The molecule has 0 bridgehead atoms. The van der Waals surface area contributed by atoms with Crippen molar-refractivity contribution in [1.82, 2.24) is 10.3 Å². The summed E-state index contributed by atoms with van der Waals surface area (Å²) in [7, 11) is -2.88. The third-order valence-electron chi connectivity index (χ3n) is 6.64. The van der Waals surface area contributed by atoms with Crippen LogP contribution in [0.3, 0.4) is 0 Å². The normalized spacial score (nSPS) is 16.4. The third kappa shape index (κ3) is 5.03. The Hall–Kier alpha value is -4.28. The topological polar surface area (TPSA) is 118 Å². The highest BCUT2D eigenvalue weighted by Gasteiger charge is 2.45. The Morgan fingerprint density at radius 3 is 2.45 bits per heavy atom. The van der Waals surface area contributed by atoms with Crippen molar-refractivity contribution in [2.45, 2.75) is 22.7 Å². The number of methoxy groups -OCH3 is 1. The van der Waals surface area contributed by atoms with E-state index in [1.165, 1.54) is 25.5 Å². The lowest BCUT2D eigenvalue weighted by atomic mass is 10.1. The number of allylic oxidation sites excluding steroid dienone is 1. The SMILES string of the molecule is COc1ccc(CC2(S(=O)(=O)c3cc(F)cc4c(=O)c(C(=O)NCc5ccc(Cl)cc5)c[nH]c34)C=CC=N2)cc1. The summed E-state index contributed by atoms with van der Waals surface area (Å²) in [5.41, 5.74) is 0.184. The van der Waals surface area contributed by atoms with Crippen LogP contribution >= 0.6 is 11.6 Å². The molecule has 1 unspecified atom stereocenters. The van der Waals surface area contributed by atoms with Gasteiger partial charge < -0.3 is 15.0 Å². The van der Waals surface area contributed by atoms with Gasteiger partial charge in [-0.1, -0.05) is 35.9 Å². The number of aliphatic imine (C=N–C) groups is 1. The number of nitrogens with zero attached hydrogens (tertiary/aromatic N) is 1. The molecule has 0 saturated carbocycles. The quantitative estimate of drug-likeness (QED) is 0.316. The van der Waals surface area contributed by atoms with E-state index in [4.69, 9.17) is 16.3 Å². The first kappa shape index (κ1) is 27.3. The summed E-state index contributed by atoms with van der Waals surface area (Å²) in [6.45, 7) is 0.120. The molecular formula is C29H23ClFN3O5S. The predicted molar refractivity (Wildman–Crippen MR) is 151 cm³/mol. The van der Waals surface area contributed by atoms with Crippen molar-refractivity contribution in [2.24, 2.45) is 4.99 Å². The zero-order valence-electron chi connectivity index (χ0n) is 21.1. The second-order valence-electron chi connectivity index (χ2n) is 9.18. The number of nitrogens with one attached hydrogen (secondary N) is 2. The van der Waals surface area contributed by atoms with Gasteiger partial charge in [0, 0.05) is 30.4 Å². The Labute approximate surface area is 234 Å². The maximum Gasteiger partial charge on any atom is 0.257 e. The molecule has 204 valence electrons. The van der Waals surface area contributed by atoms with Crippen LogP contribution in [0.4, 0.5) is 4.39 Å². The van der Waals surface area contributed by atoms with Gasteiger partial charge >= 0.3 is 0 Å². The molecular weight excluding hydrogens is 557 g/mol. The van der Waals surface area contributed by atoms with E-state index < -0.39 is 36.8 Å². The number of sulfone groups is 1. The number of fused-ring (bicyclic) bond motifs is 1. The van der Waals surface area contributed by atoms with Crippen LogP contribution in [0.15, 0.2) is 93.7 Å². The van der Waals surface area contributed by atoms with Gasteiger partial charge in [0.15, 0.2) is 4.87 Å². The van der Waals surface area contributed by atoms with Crippen molar-refractivity contribution in [3.63, 3.8) is 0 Å². The van der Waals surface area contributed by atoms with Crippen molar-refractivity contribution >= 4 is 44.5 Å². The fourth-order valence-corrected chi connectivity index (χ4v) is 6.54. The third-order valence-corrected chi connectivity index (χ3v) is 9.10. The molecule has 5 rings (SSSR count). The number of hydrogen-bond acceptors (Lipinski definition) is 6. The summed E-state index contributed by atoms with van der Waals surface area (Å²) in [5, 5.41) is 2.90. The predicted octanol–water partition coefficient (Wildman–Crippen LogP) is 4.61. The number of H-pyrrole nitrogens is 1. The van der Waals surface area contributed by atoms with E-state index in [2.05, 4.69) is 15.3 Å². The molecule has 1 atom stereocenters. The molecule has 0 aliphatic carbocycles. The second-order valence-corrected chi connectivity index (χ2v) is 11.8. The van der Waals surface area contributed by atoms with Gasteiger partial charge in [0.25, 0.3) is 5.91 Å². The number of aromatic amines is 1.